The summed E-state index contributed by atoms with van der Waals surface area (Å²) in [5, 5.41) is 11.4. The molecule has 4 heteroatoms. The maximum absolute atomic E-state index is 11.3. The molecule has 0 aliphatic heterocycles. The molecule has 3 nitrogen and oxygen atoms in total. The number of carboxylic acids is 1. The normalized spacial score (nSPS) is 10.8. The quantitative estimate of drug-likeness (QED) is 0.774. The molecule has 1 N–H and O–H groups in total. The molecule has 0 aliphatic carbocycles. The van der Waals surface area contributed by atoms with Gasteiger partial charge in [0.2, 0.25) is 0 Å². The standard InChI is InChI=1S/C15H10BrNO2/c16-11-8-14(15(18)19)17(9-11)13-7-3-5-10-4-1-2-6-12(10)13/h1-9H,(H,18,19). The first-order valence-corrected chi connectivity index (χ1v) is 6.55. The Bertz CT molecular complexity index is 771. The predicted octanol–water partition coefficient (Wildman–Crippen LogP) is 4.09. The second-order valence-electron chi connectivity index (χ2n) is 4.22. The molecule has 0 bridgehead atoms. The van der Waals surface area contributed by atoms with Crippen LogP contribution in [0.3, 0.4) is 0 Å². The average Bonchev–Trinajstić information content (AvgIpc) is 2.80. The SMILES string of the molecule is O=C(O)c1cc(Br)cn1-c1cccc2ccccc12. The first-order valence-electron chi connectivity index (χ1n) is 5.76. The molecule has 0 saturated carbocycles. The van der Waals surface area contributed by atoms with E-state index in [1.165, 1.54) is 0 Å². The van der Waals surface area contributed by atoms with E-state index < -0.39 is 5.97 Å². The smallest absolute Gasteiger partial charge is 0.352 e. The average molecular weight is 316 g/mol. The van der Waals surface area contributed by atoms with Gasteiger partial charge in [-0.25, -0.2) is 4.79 Å². The van der Waals surface area contributed by atoms with Crippen LogP contribution in [0.25, 0.3) is 16.5 Å². The highest BCUT2D eigenvalue weighted by molar-refractivity contribution is 9.10. The Hall–Kier alpha value is -2.07. The summed E-state index contributed by atoms with van der Waals surface area (Å²) in [6.07, 6.45) is 1.77. The number of rotatable bonds is 2. The number of aromatic carboxylic acids is 1. The van der Waals surface area contributed by atoms with Crippen LogP contribution >= 0.6 is 15.9 Å². The summed E-state index contributed by atoms with van der Waals surface area (Å²) in [6.45, 7) is 0. The largest absolute Gasteiger partial charge is 0.477 e. The van der Waals surface area contributed by atoms with Crippen LogP contribution in [-0.4, -0.2) is 15.6 Å². The molecule has 1 aromatic heterocycles. The number of hydrogen-bond donors (Lipinski definition) is 1. The molecule has 3 rings (SSSR count). The lowest BCUT2D eigenvalue weighted by Gasteiger charge is -2.09. The molecule has 0 aliphatic rings. The fourth-order valence-corrected chi connectivity index (χ4v) is 2.63. The summed E-state index contributed by atoms with van der Waals surface area (Å²) in [7, 11) is 0. The molecular formula is C15H10BrNO2. The molecule has 0 atom stereocenters. The summed E-state index contributed by atoms with van der Waals surface area (Å²) in [6, 6.07) is 15.4. The molecule has 1 heterocycles. The predicted molar refractivity (Wildman–Crippen MR) is 77.9 cm³/mol. The zero-order chi connectivity index (χ0) is 13.4. The van der Waals surface area contributed by atoms with Crippen LogP contribution in [0, 0.1) is 0 Å². The highest BCUT2D eigenvalue weighted by Crippen LogP contribution is 2.26. The van der Waals surface area contributed by atoms with Crippen LogP contribution in [0.2, 0.25) is 0 Å². The van der Waals surface area contributed by atoms with Crippen molar-refractivity contribution >= 4 is 32.7 Å². The number of nitrogens with zero attached hydrogens (tertiary/aromatic N) is 1. The zero-order valence-electron chi connectivity index (χ0n) is 9.88. The number of carbonyl (C=O) groups is 1. The summed E-state index contributed by atoms with van der Waals surface area (Å²) in [5.41, 5.74) is 1.10. The summed E-state index contributed by atoms with van der Waals surface area (Å²) in [4.78, 5) is 11.3. The molecule has 0 fully saturated rings. The minimum absolute atomic E-state index is 0.239. The van der Waals surface area contributed by atoms with E-state index in [2.05, 4.69) is 15.9 Å². The van der Waals surface area contributed by atoms with Crippen molar-refractivity contribution in [3.05, 3.63) is 64.9 Å². The third kappa shape index (κ3) is 2.04. The van der Waals surface area contributed by atoms with Gasteiger partial charge in [-0.15, -0.1) is 0 Å². The molecular weight excluding hydrogens is 306 g/mol. The molecule has 0 saturated heterocycles. The van der Waals surface area contributed by atoms with Crippen molar-refractivity contribution in [2.75, 3.05) is 0 Å². The second kappa shape index (κ2) is 4.55. The lowest BCUT2D eigenvalue weighted by atomic mass is 10.1. The number of aromatic nitrogens is 1. The van der Waals surface area contributed by atoms with Crippen LogP contribution < -0.4 is 0 Å². The van der Waals surface area contributed by atoms with Gasteiger partial charge in [0, 0.05) is 16.1 Å². The molecule has 3 aromatic rings. The highest BCUT2D eigenvalue weighted by Gasteiger charge is 2.14. The van der Waals surface area contributed by atoms with Gasteiger partial charge < -0.3 is 9.67 Å². The molecule has 94 valence electrons. The lowest BCUT2D eigenvalue weighted by molar-refractivity contribution is 0.0688. The van der Waals surface area contributed by atoms with Crippen LogP contribution in [-0.2, 0) is 0 Å². The van der Waals surface area contributed by atoms with Gasteiger partial charge in [-0.1, -0.05) is 36.4 Å². The van der Waals surface area contributed by atoms with Crippen molar-refractivity contribution in [2.24, 2.45) is 0 Å². The van der Waals surface area contributed by atoms with Gasteiger partial charge in [0.05, 0.1) is 5.69 Å². The van der Waals surface area contributed by atoms with Crippen molar-refractivity contribution < 1.29 is 9.90 Å². The fraction of sp³-hybridized carbons (Fsp3) is 0. The van der Waals surface area contributed by atoms with Crippen molar-refractivity contribution in [2.45, 2.75) is 0 Å². The number of carboxylic acid groups (broad SMARTS) is 1. The van der Waals surface area contributed by atoms with Crippen LogP contribution in [0.15, 0.2) is 59.2 Å². The second-order valence-corrected chi connectivity index (χ2v) is 5.13. The first kappa shape index (κ1) is 12.0. The van der Waals surface area contributed by atoms with E-state index >= 15 is 0 Å². The van der Waals surface area contributed by atoms with Gasteiger partial charge in [0.25, 0.3) is 0 Å². The van der Waals surface area contributed by atoms with Crippen molar-refractivity contribution in [3.8, 4) is 5.69 Å². The molecule has 0 radical (unpaired) electrons. The van der Waals surface area contributed by atoms with E-state index in [0.29, 0.717) is 0 Å². The van der Waals surface area contributed by atoms with E-state index in [4.69, 9.17) is 0 Å². The summed E-state index contributed by atoms with van der Waals surface area (Å²) >= 11 is 3.33. The van der Waals surface area contributed by atoms with Gasteiger partial charge in [0.15, 0.2) is 0 Å². The van der Waals surface area contributed by atoms with E-state index in [-0.39, 0.29) is 5.69 Å². The molecule has 0 amide bonds. The topological polar surface area (TPSA) is 42.2 Å². The number of hydrogen-bond acceptors (Lipinski definition) is 1. The van der Waals surface area contributed by atoms with Gasteiger partial charge in [0.1, 0.15) is 5.69 Å². The Morgan fingerprint density at radius 3 is 2.63 bits per heavy atom. The van der Waals surface area contributed by atoms with Crippen LogP contribution in [0.5, 0.6) is 0 Å². The summed E-state index contributed by atoms with van der Waals surface area (Å²) < 4.78 is 2.44. The lowest BCUT2D eigenvalue weighted by Crippen LogP contribution is -2.05. The number of fused-ring (bicyclic) bond motifs is 1. The third-order valence-corrected chi connectivity index (χ3v) is 3.47. The third-order valence-electron chi connectivity index (χ3n) is 3.03. The first-order chi connectivity index (χ1) is 9.16. The highest BCUT2D eigenvalue weighted by atomic mass is 79.9. The number of benzene rings is 2. The van der Waals surface area contributed by atoms with E-state index in [1.54, 1.807) is 16.8 Å². The van der Waals surface area contributed by atoms with Gasteiger partial charge >= 0.3 is 5.97 Å². The van der Waals surface area contributed by atoms with E-state index in [9.17, 15) is 9.90 Å². The van der Waals surface area contributed by atoms with E-state index in [0.717, 1.165) is 20.9 Å². The Morgan fingerprint density at radius 2 is 1.84 bits per heavy atom. The van der Waals surface area contributed by atoms with Gasteiger partial charge in [-0.3, -0.25) is 0 Å². The monoisotopic (exact) mass is 315 g/mol. The Balaban J connectivity index is 2.33. The van der Waals surface area contributed by atoms with Gasteiger partial charge in [-0.2, -0.15) is 0 Å². The summed E-state index contributed by atoms with van der Waals surface area (Å²) in [5.74, 6) is -0.946. The van der Waals surface area contributed by atoms with Crippen molar-refractivity contribution in [1.29, 1.82) is 0 Å². The molecule has 0 unspecified atom stereocenters. The number of halogens is 1. The van der Waals surface area contributed by atoms with Gasteiger partial charge in [-0.05, 0) is 33.4 Å². The Labute approximate surface area is 118 Å². The van der Waals surface area contributed by atoms with Crippen LogP contribution in [0.4, 0.5) is 0 Å². The molecule has 2 aromatic carbocycles. The molecule has 19 heavy (non-hydrogen) atoms. The minimum atomic E-state index is -0.946. The Morgan fingerprint density at radius 1 is 1.11 bits per heavy atom. The fourth-order valence-electron chi connectivity index (χ4n) is 2.21. The maximum Gasteiger partial charge on any atom is 0.352 e. The maximum atomic E-state index is 11.3. The van der Waals surface area contributed by atoms with Crippen molar-refractivity contribution in [3.63, 3.8) is 0 Å². The Kier molecular flexibility index (Phi) is 2.87. The minimum Gasteiger partial charge on any atom is -0.477 e. The van der Waals surface area contributed by atoms with Crippen molar-refractivity contribution in [1.82, 2.24) is 4.57 Å². The zero-order valence-corrected chi connectivity index (χ0v) is 11.5. The van der Waals surface area contributed by atoms with E-state index in [1.807, 2.05) is 42.5 Å². The molecule has 0 spiro atoms. The van der Waals surface area contributed by atoms with Crippen LogP contribution in [0.1, 0.15) is 10.5 Å².